The predicted octanol–water partition coefficient (Wildman–Crippen LogP) is 4.28. The van der Waals surface area contributed by atoms with Gasteiger partial charge in [-0.25, -0.2) is 10.2 Å². The molecular weight excluding hydrogens is 769 g/mol. The van der Waals surface area contributed by atoms with Crippen molar-refractivity contribution in [2.24, 2.45) is 0 Å². The van der Waals surface area contributed by atoms with Gasteiger partial charge >= 0.3 is 17.9 Å². The lowest BCUT2D eigenvalue weighted by Crippen LogP contribution is -2.47. The Morgan fingerprint density at radius 1 is 0.793 bits per heavy atom. The van der Waals surface area contributed by atoms with Gasteiger partial charge in [0.25, 0.3) is 6.01 Å². The van der Waals surface area contributed by atoms with Crippen LogP contribution in [0.3, 0.4) is 0 Å². The van der Waals surface area contributed by atoms with Gasteiger partial charge in [-0.05, 0) is 49.9 Å². The highest BCUT2D eigenvalue weighted by atomic mass is 31.2. The summed E-state index contributed by atoms with van der Waals surface area (Å²) >= 11 is 0. The lowest BCUT2D eigenvalue weighted by molar-refractivity contribution is -0.145. The number of carbonyl (C=O) groups excluding carboxylic acids is 2. The van der Waals surface area contributed by atoms with Crippen LogP contribution < -0.4 is 25.4 Å². The summed E-state index contributed by atoms with van der Waals surface area (Å²) in [6.07, 6.45) is -1.31. The van der Waals surface area contributed by atoms with Crippen LogP contribution in [0, 0.1) is 0 Å². The third-order valence-electron chi connectivity index (χ3n) is 8.59. The number of fused-ring (bicyclic) bond motifs is 1. The third-order valence-corrected chi connectivity index (χ3v) is 10.6. The smallest absolute Gasteiger partial charge is 0.323 e. The first kappa shape index (κ1) is 43.5. The fourth-order valence-corrected chi connectivity index (χ4v) is 7.92. The summed E-state index contributed by atoms with van der Waals surface area (Å²) < 4.78 is 50.7. The number of methoxy groups -OCH3 is 1. The minimum absolute atomic E-state index is 0.0331. The minimum atomic E-state index is -4.14. The molecule has 2 aromatic heterocycles. The number of aromatic nitrogens is 4. The third kappa shape index (κ3) is 12.7. The number of esters is 2. The van der Waals surface area contributed by atoms with Crippen LogP contribution in [0.15, 0.2) is 91.0 Å². The Morgan fingerprint density at radius 2 is 1.34 bits per heavy atom. The van der Waals surface area contributed by atoms with Crippen molar-refractivity contribution in [3.63, 3.8) is 0 Å². The van der Waals surface area contributed by atoms with Gasteiger partial charge in [-0.2, -0.15) is 15.0 Å². The second-order valence-electron chi connectivity index (χ2n) is 13.0. The number of ether oxygens (including phenoxy) is 6. The number of carbonyl (C=O) groups is 2. The molecule has 0 aliphatic heterocycles. The topological polar surface area (TPSA) is 220 Å². The molecule has 0 saturated carbocycles. The number of para-hydroxylation sites is 1. The molecule has 5 rings (SSSR count). The number of benzene rings is 3. The van der Waals surface area contributed by atoms with E-state index in [4.69, 9.17) is 34.2 Å². The molecule has 0 aliphatic carbocycles. The molecule has 3 atom stereocenters. The van der Waals surface area contributed by atoms with E-state index in [2.05, 4.69) is 25.1 Å². The lowest BCUT2D eigenvalue weighted by Gasteiger charge is -2.30. The zero-order valence-corrected chi connectivity index (χ0v) is 33.6. The molecular formula is C40H50N7O10P. The molecule has 2 heterocycles. The first-order chi connectivity index (χ1) is 28.1. The number of aromatic hydroxyl groups is 1. The van der Waals surface area contributed by atoms with E-state index in [-0.39, 0.29) is 75.4 Å². The Balaban J connectivity index is 1.51. The van der Waals surface area contributed by atoms with Crippen molar-refractivity contribution in [1.82, 2.24) is 29.7 Å². The number of nitrogens with two attached hydrogens (primary N) is 1. The second kappa shape index (κ2) is 21.8. The zero-order chi connectivity index (χ0) is 41.3. The Kier molecular flexibility index (Phi) is 16.4. The summed E-state index contributed by atoms with van der Waals surface area (Å²) in [5.74, 6) is -0.812. The molecule has 0 saturated heterocycles. The van der Waals surface area contributed by atoms with Gasteiger partial charge in [-0.3, -0.25) is 18.7 Å². The van der Waals surface area contributed by atoms with E-state index >= 15 is 4.57 Å². The fourth-order valence-electron chi connectivity index (χ4n) is 5.88. The largest absolute Gasteiger partial charge is 0.491 e. The molecule has 0 fully saturated rings. The maximum absolute atomic E-state index is 15.4. The first-order valence-corrected chi connectivity index (χ1v) is 20.7. The number of nitrogens with zero attached hydrogens (tertiary/aromatic N) is 4. The van der Waals surface area contributed by atoms with Crippen LogP contribution in [0.5, 0.6) is 17.8 Å². The molecule has 310 valence electrons. The highest BCUT2D eigenvalue weighted by Crippen LogP contribution is 2.39. The Morgan fingerprint density at radius 3 is 1.88 bits per heavy atom. The van der Waals surface area contributed by atoms with Crippen molar-refractivity contribution in [2.45, 2.75) is 51.4 Å². The summed E-state index contributed by atoms with van der Waals surface area (Å²) in [5, 5.41) is 17.1. The molecule has 5 aromatic rings. The van der Waals surface area contributed by atoms with Gasteiger partial charge in [0.1, 0.15) is 43.5 Å². The molecule has 0 aliphatic rings. The molecule has 0 radical (unpaired) electrons. The van der Waals surface area contributed by atoms with E-state index in [1.165, 1.54) is 11.7 Å². The summed E-state index contributed by atoms with van der Waals surface area (Å²) in [6, 6.07) is 24.5. The number of imidazole rings is 1. The molecule has 58 heavy (non-hydrogen) atoms. The highest BCUT2D eigenvalue weighted by molar-refractivity contribution is 7.59. The number of rotatable bonds is 24. The normalized spacial score (nSPS) is 13.1. The number of nitrogens with one attached hydrogen (secondary N) is 2. The van der Waals surface area contributed by atoms with Crippen LogP contribution in [0.4, 0.5) is 5.82 Å². The quantitative estimate of drug-likeness (QED) is 0.0388. The van der Waals surface area contributed by atoms with Crippen molar-refractivity contribution < 1.29 is 47.7 Å². The molecule has 0 bridgehead atoms. The highest BCUT2D eigenvalue weighted by Gasteiger charge is 2.37. The lowest BCUT2D eigenvalue weighted by atomic mass is 10.1. The van der Waals surface area contributed by atoms with Crippen molar-refractivity contribution in [1.29, 1.82) is 0 Å². The molecule has 17 nitrogen and oxygen atoms in total. The maximum atomic E-state index is 15.4. The summed E-state index contributed by atoms with van der Waals surface area (Å²) in [5.41, 5.74) is 7.99. The number of hydrogen-bond acceptors (Lipinski definition) is 14. The average molecular weight is 820 g/mol. The monoisotopic (exact) mass is 819 g/mol. The van der Waals surface area contributed by atoms with Crippen molar-refractivity contribution in [3.05, 3.63) is 102 Å². The molecule has 5 N–H and O–H groups in total. The van der Waals surface area contributed by atoms with Crippen molar-refractivity contribution >= 4 is 36.4 Å². The van der Waals surface area contributed by atoms with Gasteiger partial charge in [0.05, 0.1) is 26.4 Å². The predicted molar refractivity (Wildman–Crippen MR) is 215 cm³/mol. The standard InChI is InChI=1S/C40H50N7O10P/c1-4-53-37(48)32(23-28-15-9-6-10-16-28)45-58(51,46-33(38(49)54-5-2)24-29-17-11-7-12-18-29)27-57-31(26-56-30-19-13-8-14-20-30)25-47-36-34(42-40(47)50)35(41)43-39(44-36)55-22-21-52-3/h6-20,31-33H,4-5,21-27H2,1-3H3,(H,42,50)(H2,41,43,44)(H2,45,46,51)/t31?,32-,33-/m0/s1. The summed E-state index contributed by atoms with van der Waals surface area (Å²) in [6.45, 7) is 3.66. The zero-order valence-electron chi connectivity index (χ0n) is 32.7. The van der Waals surface area contributed by atoms with E-state index in [1.807, 2.05) is 66.7 Å². The van der Waals surface area contributed by atoms with Gasteiger partial charge in [0.2, 0.25) is 7.44 Å². The molecule has 0 spiro atoms. The van der Waals surface area contributed by atoms with Gasteiger partial charge < -0.3 is 39.3 Å². The molecule has 3 aromatic carbocycles. The van der Waals surface area contributed by atoms with Crippen molar-refractivity contribution in [3.8, 4) is 17.8 Å². The Hall–Kier alpha value is -5.58. The minimum Gasteiger partial charge on any atom is -0.491 e. The number of nitrogen functional groups attached to an aromatic ring is 1. The van der Waals surface area contributed by atoms with Gasteiger partial charge in [0.15, 0.2) is 17.0 Å². The van der Waals surface area contributed by atoms with E-state index in [0.717, 1.165) is 11.1 Å². The van der Waals surface area contributed by atoms with Gasteiger partial charge in [-0.1, -0.05) is 78.9 Å². The van der Waals surface area contributed by atoms with Crippen LogP contribution in [0.1, 0.15) is 25.0 Å². The van der Waals surface area contributed by atoms with Gasteiger partial charge in [-0.15, -0.1) is 0 Å². The Labute approximate surface area is 336 Å². The number of hydrogen-bond donors (Lipinski definition) is 4. The van der Waals surface area contributed by atoms with Crippen LogP contribution in [0.25, 0.3) is 11.2 Å². The van der Waals surface area contributed by atoms with Crippen LogP contribution in [-0.2, 0) is 52.5 Å². The maximum Gasteiger partial charge on any atom is 0.323 e. The summed E-state index contributed by atoms with van der Waals surface area (Å²) in [4.78, 5) is 39.7. The van der Waals surface area contributed by atoms with E-state index in [1.54, 1.807) is 38.1 Å². The SMILES string of the molecule is CCOC(=O)[C@H](Cc1ccccc1)NP(=O)(COC(COc1ccccc1)Cn1c(O)nc2c(N)nc(OCCOC)nc21)N[C@@H](Cc1ccccc1)C(=O)OCC. The first-order valence-electron chi connectivity index (χ1n) is 18.8. The average Bonchev–Trinajstić information content (AvgIpc) is 3.54. The molecule has 0 amide bonds. The number of anilines is 1. The molecule has 1 unspecified atom stereocenters. The van der Waals surface area contributed by atoms with E-state index in [0.29, 0.717) is 5.75 Å². The van der Waals surface area contributed by atoms with Crippen LogP contribution >= 0.6 is 7.44 Å². The Bertz CT molecular complexity index is 2020. The summed E-state index contributed by atoms with van der Waals surface area (Å²) in [7, 11) is -2.61. The molecule has 18 heteroatoms. The fraction of sp³-hybridized carbons (Fsp3) is 0.375. The second-order valence-corrected chi connectivity index (χ2v) is 15.2. The van der Waals surface area contributed by atoms with Crippen LogP contribution in [-0.4, -0.2) is 101 Å². The van der Waals surface area contributed by atoms with Crippen molar-refractivity contribution in [2.75, 3.05) is 52.2 Å². The van der Waals surface area contributed by atoms with E-state index in [9.17, 15) is 14.7 Å². The van der Waals surface area contributed by atoms with Gasteiger partial charge in [0, 0.05) is 7.11 Å². The van der Waals surface area contributed by atoms with Crippen LogP contribution in [0.2, 0.25) is 0 Å². The van der Waals surface area contributed by atoms with E-state index < -0.39 is 49.9 Å².